The highest BCUT2D eigenvalue weighted by molar-refractivity contribution is 6.35. The van der Waals surface area contributed by atoms with Crippen molar-refractivity contribution in [2.45, 2.75) is 6.92 Å². The molecule has 0 atom stereocenters. The fourth-order valence-corrected chi connectivity index (χ4v) is 1.34. The van der Waals surface area contributed by atoms with Gasteiger partial charge < -0.3 is 0 Å². The number of Topliss-reactive ketones (excluding diaryl/α,β-unsaturated/α-hetero) is 1. The number of ketones is 1. The van der Waals surface area contributed by atoms with E-state index in [9.17, 15) is 9.59 Å². The normalized spacial score (nSPS) is 9.21. The van der Waals surface area contributed by atoms with Gasteiger partial charge in [-0.1, -0.05) is 11.6 Å². The van der Waals surface area contributed by atoms with Gasteiger partial charge >= 0.3 is 0 Å². The molecule has 0 aliphatic heterocycles. The number of halogens is 1. The third-order valence-electron chi connectivity index (χ3n) is 1.73. The molecule has 0 unspecified atom stereocenters. The van der Waals surface area contributed by atoms with Crippen molar-refractivity contribution < 1.29 is 9.59 Å². The van der Waals surface area contributed by atoms with Crippen LogP contribution >= 0.6 is 11.6 Å². The molecule has 70 valence electrons. The van der Waals surface area contributed by atoms with Crippen LogP contribution in [-0.2, 0) is 0 Å². The molecule has 1 rings (SSSR count). The van der Waals surface area contributed by atoms with E-state index in [4.69, 9.17) is 16.9 Å². The molecule has 0 fully saturated rings. The summed E-state index contributed by atoms with van der Waals surface area (Å²) in [6, 6.07) is 4.54. The van der Waals surface area contributed by atoms with Crippen molar-refractivity contribution in [3.05, 3.63) is 33.8 Å². The van der Waals surface area contributed by atoms with Gasteiger partial charge in [-0.05, 0) is 19.1 Å². The number of nitrogens with zero attached hydrogens (tertiary/aromatic N) is 1. The molecule has 4 heteroatoms. The number of aldehydes is 1. The molecule has 0 aromatic heterocycles. The largest absolute Gasteiger partial charge is 0.298 e. The van der Waals surface area contributed by atoms with Crippen molar-refractivity contribution in [1.29, 1.82) is 5.26 Å². The molecule has 0 saturated carbocycles. The van der Waals surface area contributed by atoms with Gasteiger partial charge in [0.15, 0.2) is 5.78 Å². The Balaban J connectivity index is 3.51. The van der Waals surface area contributed by atoms with E-state index >= 15 is 0 Å². The maximum absolute atomic E-state index is 11.1. The second-order valence-corrected chi connectivity index (χ2v) is 3.09. The first kappa shape index (κ1) is 10.4. The molecule has 0 radical (unpaired) electrons. The molecule has 0 spiro atoms. The van der Waals surface area contributed by atoms with Crippen LogP contribution in [0.4, 0.5) is 0 Å². The molecule has 14 heavy (non-hydrogen) atoms. The number of nitriles is 1. The zero-order chi connectivity index (χ0) is 10.7. The molecule has 0 saturated heterocycles. The maximum atomic E-state index is 11.1. The summed E-state index contributed by atoms with van der Waals surface area (Å²) in [5.41, 5.74) is 0.616. The van der Waals surface area contributed by atoms with E-state index in [1.807, 2.05) is 6.07 Å². The summed E-state index contributed by atoms with van der Waals surface area (Å²) in [5.74, 6) is -0.268. The zero-order valence-electron chi connectivity index (χ0n) is 7.37. The number of rotatable bonds is 2. The first-order chi connectivity index (χ1) is 6.60. The fraction of sp³-hybridized carbons (Fsp3) is 0.100. The third kappa shape index (κ3) is 1.81. The van der Waals surface area contributed by atoms with Crippen LogP contribution in [0.2, 0.25) is 5.02 Å². The lowest BCUT2D eigenvalue weighted by atomic mass is 10.0. The first-order valence-electron chi connectivity index (χ1n) is 3.80. The van der Waals surface area contributed by atoms with Gasteiger partial charge in [-0.25, -0.2) is 0 Å². The topological polar surface area (TPSA) is 57.9 Å². The Kier molecular flexibility index (Phi) is 3.00. The molecule has 0 amide bonds. The summed E-state index contributed by atoms with van der Waals surface area (Å²) in [6.45, 7) is 1.33. The monoisotopic (exact) mass is 207 g/mol. The number of hydrogen-bond donors (Lipinski definition) is 0. The molecule has 1 aromatic rings. The average molecular weight is 208 g/mol. The minimum Gasteiger partial charge on any atom is -0.298 e. The van der Waals surface area contributed by atoms with Crippen LogP contribution in [0.15, 0.2) is 12.1 Å². The van der Waals surface area contributed by atoms with Gasteiger partial charge in [-0.2, -0.15) is 5.26 Å². The van der Waals surface area contributed by atoms with E-state index in [0.717, 1.165) is 0 Å². The Bertz CT molecular complexity index is 446. The van der Waals surface area contributed by atoms with E-state index in [0.29, 0.717) is 6.29 Å². The summed E-state index contributed by atoms with van der Waals surface area (Å²) < 4.78 is 0. The molecule has 0 aliphatic rings. The van der Waals surface area contributed by atoms with Crippen LogP contribution in [0.1, 0.15) is 33.2 Å². The van der Waals surface area contributed by atoms with E-state index in [2.05, 4.69) is 0 Å². The number of carbonyl (C=O) groups is 2. The quantitative estimate of drug-likeness (QED) is 0.552. The Labute approximate surface area is 85.9 Å². The number of benzene rings is 1. The molecule has 3 nitrogen and oxygen atoms in total. The van der Waals surface area contributed by atoms with E-state index < -0.39 is 0 Å². The van der Waals surface area contributed by atoms with Crippen molar-refractivity contribution in [2.75, 3.05) is 0 Å². The third-order valence-corrected chi connectivity index (χ3v) is 2.14. The van der Waals surface area contributed by atoms with Crippen molar-refractivity contribution in [2.24, 2.45) is 0 Å². The van der Waals surface area contributed by atoms with Crippen LogP contribution < -0.4 is 0 Å². The highest BCUT2D eigenvalue weighted by atomic mass is 35.5. The SMILES string of the molecule is CC(=O)c1cc(C=O)cc(C#N)c1Cl. The molecule has 0 heterocycles. The summed E-state index contributed by atoms with van der Waals surface area (Å²) in [7, 11) is 0. The minimum atomic E-state index is -0.268. The molecule has 0 aliphatic carbocycles. The summed E-state index contributed by atoms with van der Waals surface area (Å²) >= 11 is 5.77. The molecular formula is C10H6ClNO2. The zero-order valence-corrected chi connectivity index (χ0v) is 8.13. The minimum absolute atomic E-state index is 0.102. The van der Waals surface area contributed by atoms with Gasteiger partial charge in [0, 0.05) is 11.1 Å². The fourth-order valence-electron chi connectivity index (χ4n) is 1.05. The second kappa shape index (κ2) is 4.03. The Hall–Kier alpha value is -1.66. The highest BCUT2D eigenvalue weighted by Gasteiger charge is 2.11. The number of hydrogen-bond acceptors (Lipinski definition) is 3. The Morgan fingerprint density at radius 1 is 1.57 bits per heavy atom. The van der Waals surface area contributed by atoms with E-state index in [-0.39, 0.29) is 27.5 Å². The van der Waals surface area contributed by atoms with E-state index in [1.165, 1.54) is 19.1 Å². The summed E-state index contributed by atoms with van der Waals surface area (Å²) in [6.07, 6.45) is 0.573. The van der Waals surface area contributed by atoms with Crippen LogP contribution in [-0.4, -0.2) is 12.1 Å². The lowest BCUT2D eigenvalue weighted by Gasteiger charge is -2.02. The van der Waals surface area contributed by atoms with Gasteiger partial charge in [0.2, 0.25) is 0 Å². The smallest absolute Gasteiger partial charge is 0.161 e. The van der Waals surface area contributed by atoms with Crippen LogP contribution in [0.25, 0.3) is 0 Å². The average Bonchev–Trinajstić information content (AvgIpc) is 2.17. The predicted molar refractivity (Wildman–Crippen MR) is 51.6 cm³/mol. The van der Waals surface area contributed by atoms with Crippen LogP contribution in [0, 0.1) is 11.3 Å². The molecule has 0 N–H and O–H groups in total. The van der Waals surface area contributed by atoms with Crippen LogP contribution in [0.5, 0.6) is 0 Å². The molecular weight excluding hydrogens is 202 g/mol. The summed E-state index contributed by atoms with van der Waals surface area (Å²) in [5, 5.41) is 8.79. The van der Waals surface area contributed by atoms with Crippen molar-refractivity contribution in [1.82, 2.24) is 0 Å². The lowest BCUT2D eigenvalue weighted by Crippen LogP contribution is -1.98. The molecule has 1 aromatic carbocycles. The van der Waals surface area contributed by atoms with Gasteiger partial charge in [0.05, 0.1) is 10.6 Å². The second-order valence-electron chi connectivity index (χ2n) is 2.72. The maximum Gasteiger partial charge on any atom is 0.161 e. The van der Waals surface area contributed by atoms with Gasteiger partial charge in [0.25, 0.3) is 0 Å². The lowest BCUT2D eigenvalue weighted by molar-refractivity contribution is 0.101. The van der Waals surface area contributed by atoms with Gasteiger partial charge in [0.1, 0.15) is 12.4 Å². The standard InChI is InChI=1S/C10H6ClNO2/c1-6(14)9-3-7(5-13)2-8(4-12)10(9)11/h2-3,5H,1H3. The van der Waals surface area contributed by atoms with Gasteiger partial charge in [-0.3, -0.25) is 9.59 Å². The first-order valence-corrected chi connectivity index (χ1v) is 4.17. The Morgan fingerprint density at radius 3 is 2.64 bits per heavy atom. The van der Waals surface area contributed by atoms with Crippen LogP contribution in [0.3, 0.4) is 0 Å². The van der Waals surface area contributed by atoms with Crippen molar-refractivity contribution >= 4 is 23.7 Å². The summed E-state index contributed by atoms with van der Waals surface area (Å²) in [4.78, 5) is 21.6. The van der Waals surface area contributed by atoms with Gasteiger partial charge in [-0.15, -0.1) is 0 Å². The highest BCUT2D eigenvalue weighted by Crippen LogP contribution is 2.22. The van der Waals surface area contributed by atoms with E-state index in [1.54, 1.807) is 0 Å². The van der Waals surface area contributed by atoms with Crippen molar-refractivity contribution in [3.63, 3.8) is 0 Å². The van der Waals surface area contributed by atoms with Crippen molar-refractivity contribution in [3.8, 4) is 6.07 Å². The predicted octanol–water partition coefficient (Wildman–Crippen LogP) is 2.23. The molecule has 0 bridgehead atoms. The Morgan fingerprint density at radius 2 is 2.21 bits per heavy atom. The number of carbonyl (C=O) groups excluding carboxylic acids is 2.